The Morgan fingerprint density at radius 1 is 1.03 bits per heavy atom. The molecule has 8 heteroatoms. The van der Waals surface area contributed by atoms with Crippen LogP contribution in [0.5, 0.6) is 5.75 Å². The molecule has 162 valence electrons. The number of rotatable bonds is 7. The van der Waals surface area contributed by atoms with E-state index in [2.05, 4.69) is 10.2 Å². The van der Waals surface area contributed by atoms with Crippen molar-refractivity contribution in [1.82, 2.24) is 0 Å². The zero-order chi connectivity index (χ0) is 22.2. The van der Waals surface area contributed by atoms with Crippen molar-refractivity contribution in [3.63, 3.8) is 0 Å². The number of nitrogens with zero attached hydrogens (tertiary/aromatic N) is 2. The van der Waals surface area contributed by atoms with Gasteiger partial charge in [0.2, 0.25) is 0 Å². The van der Waals surface area contributed by atoms with Crippen LogP contribution in [0.25, 0.3) is 0 Å². The van der Waals surface area contributed by atoms with Gasteiger partial charge in [0.05, 0.1) is 24.8 Å². The van der Waals surface area contributed by atoms with Gasteiger partial charge in [0.15, 0.2) is 12.2 Å². The van der Waals surface area contributed by atoms with Crippen molar-refractivity contribution in [3.8, 4) is 11.8 Å². The highest BCUT2D eigenvalue weighted by molar-refractivity contribution is 5.95. The van der Waals surface area contributed by atoms with Gasteiger partial charge < -0.3 is 24.4 Å². The second-order valence-corrected chi connectivity index (χ2v) is 7.11. The molecule has 2 atom stereocenters. The van der Waals surface area contributed by atoms with Gasteiger partial charge in [-0.3, -0.25) is 4.79 Å². The highest BCUT2D eigenvalue weighted by Gasteiger charge is 2.23. The molecule has 1 amide bonds. The van der Waals surface area contributed by atoms with Crippen LogP contribution in [-0.4, -0.2) is 50.4 Å². The van der Waals surface area contributed by atoms with E-state index in [1.165, 1.54) is 13.8 Å². The molecule has 0 radical (unpaired) electrons. The molecule has 8 nitrogen and oxygen atoms in total. The largest absolute Gasteiger partial charge is 0.479 e. The van der Waals surface area contributed by atoms with E-state index in [-0.39, 0.29) is 0 Å². The number of ether oxygens (including phenoxy) is 3. The zero-order valence-corrected chi connectivity index (χ0v) is 17.5. The minimum Gasteiger partial charge on any atom is -0.479 e. The fraction of sp³-hybridized carbons (Fsp3) is 0.348. The number of esters is 1. The van der Waals surface area contributed by atoms with Crippen molar-refractivity contribution in [2.75, 3.05) is 36.5 Å². The highest BCUT2D eigenvalue weighted by atomic mass is 16.6. The molecule has 0 bridgehead atoms. The maximum atomic E-state index is 12.4. The standard InChI is InChI=1S/C23H25N3O5/c1-16(31-23(28)17(2)30-21-9-3-18(15-24)4-10-21)22(27)25-19-5-7-20(8-6-19)26-11-13-29-14-12-26/h3-10,16-17H,11-14H2,1-2H3,(H,25,27). The van der Waals surface area contributed by atoms with E-state index in [1.807, 2.05) is 30.3 Å². The number of hydrogen-bond donors (Lipinski definition) is 1. The van der Waals surface area contributed by atoms with E-state index in [0.717, 1.165) is 18.8 Å². The van der Waals surface area contributed by atoms with Crippen LogP contribution in [0.4, 0.5) is 11.4 Å². The summed E-state index contributed by atoms with van der Waals surface area (Å²) in [5, 5.41) is 11.6. The lowest BCUT2D eigenvalue weighted by atomic mass is 10.2. The van der Waals surface area contributed by atoms with Crippen molar-refractivity contribution in [2.45, 2.75) is 26.1 Å². The van der Waals surface area contributed by atoms with E-state index < -0.39 is 24.1 Å². The number of carbonyl (C=O) groups excluding carboxylic acids is 2. The SMILES string of the molecule is CC(OC(=O)C(C)Oc1ccc(C#N)cc1)C(=O)Nc1ccc(N2CCOCC2)cc1. The lowest BCUT2D eigenvalue weighted by Gasteiger charge is -2.29. The Kier molecular flexibility index (Phi) is 7.46. The maximum absolute atomic E-state index is 12.4. The predicted molar refractivity (Wildman–Crippen MR) is 115 cm³/mol. The van der Waals surface area contributed by atoms with Crippen molar-refractivity contribution < 1.29 is 23.8 Å². The maximum Gasteiger partial charge on any atom is 0.347 e. The average molecular weight is 423 g/mol. The molecule has 1 saturated heterocycles. The lowest BCUT2D eigenvalue weighted by Crippen LogP contribution is -2.36. The Hall–Kier alpha value is -3.57. The number of anilines is 2. The highest BCUT2D eigenvalue weighted by Crippen LogP contribution is 2.19. The van der Waals surface area contributed by atoms with Crippen molar-refractivity contribution in [2.24, 2.45) is 0 Å². The van der Waals surface area contributed by atoms with E-state index >= 15 is 0 Å². The smallest absolute Gasteiger partial charge is 0.347 e. The van der Waals surface area contributed by atoms with Gasteiger partial charge in [-0.2, -0.15) is 5.26 Å². The average Bonchev–Trinajstić information content (AvgIpc) is 2.80. The first-order chi connectivity index (χ1) is 15.0. The van der Waals surface area contributed by atoms with Gasteiger partial charge in [-0.15, -0.1) is 0 Å². The number of amides is 1. The summed E-state index contributed by atoms with van der Waals surface area (Å²) in [6.45, 7) is 6.12. The van der Waals surface area contributed by atoms with Crippen molar-refractivity contribution in [3.05, 3.63) is 54.1 Å². The molecule has 1 heterocycles. The molecule has 0 spiro atoms. The van der Waals surface area contributed by atoms with Gasteiger partial charge in [0.1, 0.15) is 5.75 Å². The Bertz CT molecular complexity index is 931. The van der Waals surface area contributed by atoms with E-state index in [0.29, 0.717) is 30.2 Å². The van der Waals surface area contributed by atoms with Crippen LogP contribution < -0.4 is 15.0 Å². The summed E-state index contributed by atoms with van der Waals surface area (Å²) < 4.78 is 16.1. The van der Waals surface area contributed by atoms with Crippen LogP contribution in [0.15, 0.2) is 48.5 Å². The molecule has 1 aliphatic heterocycles. The third-order valence-electron chi connectivity index (χ3n) is 4.80. The Morgan fingerprint density at radius 3 is 2.29 bits per heavy atom. The summed E-state index contributed by atoms with van der Waals surface area (Å²) in [6.07, 6.45) is -1.89. The summed E-state index contributed by atoms with van der Waals surface area (Å²) in [5.41, 5.74) is 2.17. The minimum atomic E-state index is -0.988. The number of nitrogens with one attached hydrogen (secondary N) is 1. The molecule has 0 aromatic heterocycles. The van der Waals surface area contributed by atoms with Gasteiger partial charge in [-0.25, -0.2) is 4.79 Å². The topological polar surface area (TPSA) is 101 Å². The monoisotopic (exact) mass is 423 g/mol. The number of hydrogen-bond acceptors (Lipinski definition) is 7. The summed E-state index contributed by atoms with van der Waals surface area (Å²) in [6, 6.07) is 15.9. The predicted octanol–water partition coefficient (Wildman–Crippen LogP) is 2.73. The molecular formula is C23H25N3O5. The van der Waals surface area contributed by atoms with Crippen molar-refractivity contribution in [1.29, 1.82) is 5.26 Å². The number of benzene rings is 2. The van der Waals surface area contributed by atoms with Gasteiger partial charge in [0, 0.05) is 24.5 Å². The van der Waals surface area contributed by atoms with Crippen LogP contribution in [-0.2, 0) is 19.1 Å². The first kappa shape index (κ1) is 22.1. The zero-order valence-electron chi connectivity index (χ0n) is 17.5. The molecule has 2 aromatic carbocycles. The molecular weight excluding hydrogens is 398 g/mol. The van der Waals surface area contributed by atoms with E-state index in [9.17, 15) is 9.59 Å². The second kappa shape index (κ2) is 10.5. The number of carbonyl (C=O) groups is 2. The van der Waals surface area contributed by atoms with Gasteiger partial charge in [0.25, 0.3) is 5.91 Å². The molecule has 2 unspecified atom stereocenters. The summed E-state index contributed by atoms with van der Waals surface area (Å²) in [5.74, 6) is -0.659. The van der Waals surface area contributed by atoms with E-state index in [1.54, 1.807) is 24.3 Å². The van der Waals surface area contributed by atoms with E-state index in [4.69, 9.17) is 19.5 Å². The van der Waals surface area contributed by atoms with Gasteiger partial charge in [-0.1, -0.05) is 0 Å². The first-order valence-corrected chi connectivity index (χ1v) is 10.1. The summed E-state index contributed by atoms with van der Waals surface area (Å²) in [7, 11) is 0. The Balaban J connectivity index is 1.48. The van der Waals surface area contributed by atoms with Crippen LogP contribution in [0.1, 0.15) is 19.4 Å². The number of morpholine rings is 1. The third kappa shape index (κ3) is 6.20. The molecule has 0 aliphatic carbocycles. The second-order valence-electron chi connectivity index (χ2n) is 7.11. The van der Waals surface area contributed by atoms with Crippen LogP contribution in [0.2, 0.25) is 0 Å². The Morgan fingerprint density at radius 2 is 1.68 bits per heavy atom. The molecule has 31 heavy (non-hydrogen) atoms. The van der Waals surface area contributed by atoms with Crippen LogP contribution in [0, 0.1) is 11.3 Å². The molecule has 0 saturated carbocycles. The summed E-state index contributed by atoms with van der Waals surface area (Å²) >= 11 is 0. The molecule has 2 aromatic rings. The fourth-order valence-electron chi connectivity index (χ4n) is 3.00. The normalized spacial score (nSPS) is 15.3. The Labute approximate surface area is 181 Å². The molecule has 1 aliphatic rings. The fourth-order valence-corrected chi connectivity index (χ4v) is 3.00. The molecule has 1 N–H and O–H groups in total. The van der Waals surface area contributed by atoms with Gasteiger partial charge in [-0.05, 0) is 62.4 Å². The van der Waals surface area contributed by atoms with Crippen molar-refractivity contribution >= 4 is 23.3 Å². The number of nitriles is 1. The molecule has 3 rings (SSSR count). The van der Waals surface area contributed by atoms with Crippen LogP contribution >= 0.6 is 0 Å². The first-order valence-electron chi connectivity index (χ1n) is 10.1. The quantitative estimate of drug-likeness (QED) is 0.684. The summed E-state index contributed by atoms with van der Waals surface area (Å²) in [4.78, 5) is 26.9. The van der Waals surface area contributed by atoms with Crippen LogP contribution in [0.3, 0.4) is 0 Å². The lowest BCUT2D eigenvalue weighted by molar-refractivity contribution is -0.159. The third-order valence-corrected chi connectivity index (χ3v) is 4.80. The van der Waals surface area contributed by atoms with Gasteiger partial charge >= 0.3 is 5.97 Å². The molecule has 1 fully saturated rings. The minimum absolute atomic E-state index is 0.431.